The Bertz CT molecular complexity index is 830. The molecule has 2 aromatic rings. The maximum atomic E-state index is 11.4. The van der Waals surface area contributed by atoms with Gasteiger partial charge in [0.2, 0.25) is 0 Å². The fraction of sp³-hybridized carbons (Fsp3) is 0.435. The number of ether oxygens (including phenoxy) is 2. The van der Waals surface area contributed by atoms with E-state index in [1.54, 1.807) is 7.11 Å². The van der Waals surface area contributed by atoms with E-state index in [0.29, 0.717) is 5.41 Å². The standard InChI is InChI=1S/C23H30O3Si/c1-17(24)26-21-13-9-7-11-19(21)16-27(4,5)22-15-23(22,2)14-18-10-6-8-12-20(18)25-3/h6-13,22H,14-16H2,1-5H3. The molecule has 27 heavy (non-hydrogen) atoms. The first-order valence-corrected chi connectivity index (χ1v) is 12.9. The topological polar surface area (TPSA) is 35.5 Å². The van der Waals surface area contributed by atoms with E-state index in [-0.39, 0.29) is 5.97 Å². The van der Waals surface area contributed by atoms with Gasteiger partial charge in [0.25, 0.3) is 0 Å². The van der Waals surface area contributed by atoms with Gasteiger partial charge in [0, 0.05) is 6.92 Å². The van der Waals surface area contributed by atoms with E-state index in [0.717, 1.165) is 35.1 Å². The molecule has 0 amide bonds. The van der Waals surface area contributed by atoms with Crippen LogP contribution in [-0.4, -0.2) is 21.2 Å². The van der Waals surface area contributed by atoms with Gasteiger partial charge in [-0.25, -0.2) is 0 Å². The van der Waals surface area contributed by atoms with Crippen molar-refractivity contribution in [1.29, 1.82) is 0 Å². The van der Waals surface area contributed by atoms with Crippen molar-refractivity contribution in [3.8, 4) is 11.5 Å². The van der Waals surface area contributed by atoms with Crippen molar-refractivity contribution in [1.82, 2.24) is 0 Å². The Kier molecular flexibility index (Phi) is 5.47. The molecule has 0 N–H and O–H groups in total. The van der Waals surface area contributed by atoms with Crippen LogP contribution in [0, 0.1) is 5.41 Å². The van der Waals surface area contributed by atoms with Gasteiger partial charge in [0.15, 0.2) is 0 Å². The molecule has 0 radical (unpaired) electrons. The summed E-state index contributed by atoms with van der Waals surface area (Å²) in [6, 6.07) is 17.4. The number of carbonyl (C=O) groups excluding carboxylic acids is 1. The first-order chi connectivity index (χ1) is 12.7. The summed E-state index contributed by atoms with van der Waals surface area (Å²) < 4.78 is 11.0. The molecule has 4 heteroatoms. The normalized spacial score (nSPS) is 21.6. The Balaban J connectivity index is 1.74. The molecular weight excluding hydrogens is 352 g/mol. The van der Waals surface area contributed by atoms with E-state index in [1.165, 1.54) is 18.9 Å². The highest BCUT2D eigenvalue weighted by Crippen LogP contribution is 2.65. The molecule has 2 atom stereocenters. The van der Waals surface area contributed by atoms with Gasteiger partial charge in [-0.05, 0) is 53.1 Å². The second-order valence-corrected chi connectivity index (χ2v) is 13.8. The lowest BCUT2D eigenvalue weighted by molar-refractivity contribution is -0.131. The van der Waals surface area contributed by atoms with Gasteiger partial charge in [-0.1, -0.05) is 56.4 Å². The van der Waals surface area contributed by atoms with Crippen molar-refractivity contribution in [3.05, 3.63) is 59.7 Å². The first kappa shape index (κ1) is 19.7. The second-order valence-electron chi connectivity index (χ2n) is 8.77. The van der Waals surface area contributed by atoms with Crippen LogP contribution < -0.4 is 9.47 Å². The van der Waals surface area contributed by atoms with Crippen molar-refractivity contribution in [2.24, 2.45) is 5.41 Å². The third-order valence-electron chi connectivity index (χ3n) is 5.95. The number of rotatable bonds is 7. The highest BCUT2D eigenvalue weighted by atomic mass is 28.3. The number of hydrogen-bond donors (Lipinski definition) is 0. The largest absolute Gasteiger partial charge is 0.496 e. The minimum absolute atomic E-state index is 0.255. The second kappa shape index (κ2) is 7.51. The van der Waals surface area contributed by atoms with Crippen LogP contribution in [0.4, 0.5) is 0 Å². The molecule has 0 saturated heterocycles. The van der Waals surface area contributed by atoms with Gasteiger partial charge in [-0.15, -0.1) is 0 Å². The zero-order chi connectivity index (χ0) is 19.7. The summed E-state index contributed by atoms with van der Waals surface area (Å²) in [6.45, 7) is 8.81. The fourth-order valence-electron chi connectivity index (χ4n) is 4.62. The van der Waals surface area contributed by atoms with Gasteiger partial charge in [-0.2, -0.15) is 0 Å². The number of benzene rings is 2. The lowest BCUT2D eigenvalue weighted by atomic mass is 9.98. The highest BCUT2D eigenvalue weighted by Gasteiger charge is 2.57. The van der Waals surface area contributed by atoms with Crippen LogP contribution in [0.3, 0.4) is 0 Å². The van der Waals surface area contributed by atoms with Crippen LogP contribution in [0.1, 0.15) is 31.4 Å². The van der Waals surface area contributed by atoms with E-state index in [4.69, 9.17) is 9.47 Å². The summed E-state index contributed by atoms with van der Waals surface area (Å²) in [5.41, 5.74) is 3.55. The number of hydrogen-bond acceptors (Lipinski definition) is 3. The Labute approximate surface area is 163 Å². The molecule has 3 rings (SSSR count). The van der Waals surface area contributed by atoms with Crippen LogP contribution in [-0.2, 0) is 17.3 Å². The van der Waals surface area contributed by atoms with Gasteiger partial charge >= 0.3 is 5.97 Å². The summed E-state index contributed by atoms with van der Waals surface area (Å²) in [7, 11) is 0.204. The molecule has 0 aromatic heterocycles. The quantitative estimate of drug-likeness (QED) is 0.364. The van der Waals surface area contributed by atoms with Crippen molar-refractivity contribution in [2.45, 2.75) is 51.4 Å². The molecular formula is C23H30O3Si. The van der Waals surface area contributed by atoms with Gasteiger partial charge < -0.3 is 9.47 Å². The van der Waals surface area contributed by atoms with Crippen LogP contribution in [0.25, 0.3) is 0 Å². The predicted molar refractivity (Wildman–Crippen MR) is 112 cm³/mol. The zero-order valence-electron chi connectivity index (χ0n) is 17.0. The fourth-order valence-corrected chi connectivity index (χ4v) is 9.15. The van der Waals surface area contributed by atoms with Crippen LogP contribution in [0.2, 0.25) is 18.6 Å². The van der Waals surface area contributed by atoms with E-state index in [1.807, 2.05) is 30.3 Å². The van der Waals surface area contributed by atoms with Crippen molar-refractivity contribution < 1.29 is 14.3 Å². The number of methoxy groups -OCH3 is 1. The molecule has 1 fully saturated rings. The molecule has 0 heterocycles. The molecule has 0 spiro atoms. The molecule has 0 bridgehead atoms. The average Bonchev–Trinajstić information content (AvgIpc) is 3.29. The van der Waals surface area contributed by atoms with Crippen LogP contribution >= 0.6 is 0 Å². The van der Waals surface area contributed by atoms with Crippen molar-refractivity contribution in [3.63, 3.8) is 0 Å². The van der Waals surface area contributed by atoms with E-state index < -0.39 is 8.07 Å². The van der Waals surface area contributed by atoms with Crippen LogP contribution in [0.5, 0.6) is 11.5 Å². The molecule has 1 aliphatic rings. The molecule has 3 nitrogen and oxygen atoms in total. The maximum absolute atomic E-state index is 11.4. The van der Waals surface area contributed by atoms with Crippen molar-refractivity contribution >= 4 is 14.0 Å². The Hall–Kier alpha value is -2.07. The third-order valence-corrected chi connectivity index (χ3v) is 10.0. The lowest BCUT2D eigenvalue weighted by Crippen LogP contribution is -2.32. The Morgan fingerprint density at radius 3 is 2.30 bits per heavy atom. The Morgan fingerprint density at radius 1 is 1.07 bits per heavy atom. The molecule has 0 aliphatic heterocycles. The summed E-state index contributed by atoms with van der Waals surface area (Å²) in [5, 5.41) is 0. The minimum atomic E-state index is -1.54. The molecule has 144 valence electrons. The minimum Gasteiger partial charge on any atom is -0.496 e. The molecule has 1 saturated carbocycles. The van der Waals surface area contributed by atoms with Gasteiger partial charge in [0.1, 0.15) is 11.5 Å². The van der Waals surface area contributed by atoms with Gasteiger partial charge in [-0.3, -0.25) is 4.79 Å². The monoisotopic (exact) mass is 382 g/mol. The van der Waals surface area contributed by atoms with E-state index in [9.17, 15) is 4.79 Å². The van der Waals surface area contributed by atoms with Crippen LogP contribution in [0.15, 0.2) is 48.5 Å². The summed E-state index contributed by atoms with van der Waals surface area (Å²) in [5.74, 6) is 1.45. The first-order valence-electron chi connectivity index (χ1n) is 9.63. The SMILES string of the molecule is COc1ccccc1CC1(C)CC1[Si](C)(C)Cc1ccccc1OC(C)=O. The highest BCUT2D eigenvalue weighted by molar-refractivity contribution is 6.79. The molecule has 1 aliphatic carbocycles. The lowest BCUT2D eigenvalue weighted by Gasteiger charge is -2.27. The summed E-state index contributed by atoms with van der Waals surface area (Å²) in [6.07, 6.45) is 2.32. The molecule has 2 aromatic carbocycles. The predicted octanol–water partition coefficient (Wildman–Crippen LogP) is 5.43. The summed E-state index contributed by atoms with van der Waals surface area (Å²) >= 11 is 0. The smallest absolute Gasteiger partial charge is 0.308 e. The average molecular weight is 383 g/mol. The maximum Gasteiger partial charge on any atom is 0.308 e. The van der Waals surface area contributed by atoms with Gasteiger partial charge in [0.05, 0.1) is 15.2 Å². The molecule has 2 unspecified atom stereocenters. The van der Waals surface area contributed by atoms with Crippen molar-refractivity contribution in [2.75, 3.05) is 7.11 Å². The number of esters is 1. The third kappa shape index (κ3) is 4.44. The number of carbonyl (C=O) groups is 1. The zero-order valence-corrected chi connectivity index (χ0v) is 18.0. The van der Waals surface area contributed by atoms with E-state index in [2.05, 4.69) is 38.2 Å². The number of para-hydroxylation sites is 2. The Morgan fingerprint density at radius 2 is 1.67 bits per heavy atom. The van der Waals surface area contributed by atoms with E-state index >= 15 is 0 Å². The summed E-state index contributed by atoms with van der Waals surface area (Å²) in [4.78, 5) is 11.4.